The molecule has 0 saturated carbocycles. The molecule has 5 heteroatoms. The number of fused-ring (bicyclic) bond motifs is 3. The lowest BCUT2D eigenvalue weighted by Crippen LogP contribution is -2.57. The van der Waals surface area contributed by atoms with Crippen molar-refractivity contribution in [3.05, 3.63) is 23.5 Å². The summed E-state index contributed by atoms with van der Waals surface area (Å²) in [5, 5.41) is 0. The van der Waals surface area contributed by atoms with E-state index >= 15 is 0 Å². The third kappa shape index (κ3) is 1.94. The summed E-state index contributed by atoms with van der Waals surface area (Å²) in [4.78, 5) is 27.6. The van der Waals surface area contributed by atoms with Gasteiger partial charge in [0, 0.05) is 50.4 Å². The van der Waals surface area contributed by atoms with Crippen LogP contribution in [-0.2, 0) is 33.3 Å². The highest BCUT2D eigenvalue weighted by atomic mass is 16.6. The van der Waals surface area contributed by atoms with Crippen LogP contribution in [0.3, 0.4) is 0 Å². The van der Waals surface area contributed by atoms with Gasteiger partial charge in [-0.2, -0.15) is 0 Å². The second-order valence-electron chi connectivity index (χ2n) is 6.91. The number of carbonyl (C=O) groups is 2. The zero-order valence-electron chi connectivity index (χ0n) is 13.1. The van der Waals surface area contributed by atoms with Gasteiger partial charge in [0.2, 0.25) is 5.54 Å². The molecule has 1 fully saturated rings. The number of ketones is 1. The van der Waals surface area contributed by atoms with Crippen LogP contribution >= 0.6 is 0 Å². The molecule has 0 N–H and O–H groups in total. The van der Waals surface area contributed by atoms with Crippen molar-refractivity contribution in [2.45, 2.75) is 44.8 Å². The molecule has 1 unspecified atom stereocenters. The number of esters is 1. The van der Waals surface area contributed by atoms with Gasteiger partial charge in [-0.25, -0.2) is 4.79 Å². The first-order chi connectivity index (χ1) is 9.76. The Bertz CT molecular complexity index is 612. The van der Waals surface area contributed by atoms with Crippen molar-refractivity contribution in [3.63, 3.8) is 0 Å². The molecule has 3 heterocycles. The van der Waals surface area contributed by atoms with Gasteiger partial charge in [-0.15, -0.1) is 0 Å². The summed E-state index contributed by atoms with van der Waals surface area (Å²) < 4.78 is 7.61. The zero-order valence-corrected chi connectivity index (χ0v) is 13.1. The maximum Gasteiger partial charge on any atom is 0.339 e. The number of aryl methyl sites for hydroxylation is 1. The number of hydrogen-bond donors (Lipinski definition) is 0. The van der Waals surface area contributed by atoms with E-state index in [0.29, 0.717) is 13.0 Å². The lowest BCUT2D eigenvalue weighted by molar-refractivity contribution is -0.171. The van der Waals surface area contributed by atoms with Crippen LogP contribution in [0.5, 0.6) is 0 Å². The van der Waals surface area contributed by atoms with Crippen molar-refractivity contribution >= 4 is 11.8 Å². The molecule has 1 aromatic rings. The van der Waals surface area contributed by atoms with Gasteiger partial charge >= 0.3 is 5.97 Å². The van der Waals surface area contributed by atoms with Crippen molar-refractivity contribution in [2.75, 3.05) is 13.1 Å². The van der Waals surface area contributed by atoms with E-state index in [1.54, 1.807) is 0 Å². The smallest absolute Gasteiger partial charge is 0.339 e. The van der Waals surface area contributed by atoms with Crippen LogP contribution in [0.15, 0.2) is 12.3 Å². The zero-order chi connectivity index (χ0) is 15.4. The van der Waals surface area contributed by atoms with E-state index in [9.17, 15) is 9.59 Å². The number of nitrogens with zero attached hydrogens (tertiary/aromatic N) is 2. The van der Waals surface area contributed by atoms with Crippen LogP contribution in [0.2, 0.25) is 0 Å². The first-order valence-corrected chi connectivity index (χ1v) is 7.43. The fraction of sp³-hybridized carbons (Fsp3) is 0.625. The van der Waals surface area contributed by atoms with Crippen molar-refractivity contribution in [2.24, 2.45) is 7.05 Å². The van der Waals surface area contributed by atoms with Crippen LogP contribution in [0.1, 0.15) is 38.4 Å². The van der Waals surface area contributed by atoms with E-state index in [2.05, 4.69) is 0 Å². The van der Waals surface area contributed by atoms with Gasteiger partial charge in [0.1, 0.15) is 5.60 Å². The fourth-order valence-corrected chi connectivity index (χ4v) is 3.51. The minimum absolute atomic E-state index is 0.0381. The predicted octanol–water partition coefficient (Wildman–Crippen LogP) is 1.39. The highest BCUT2D eigenvalue weighted by Gasteiger charge is 2.60. The summed E-state index contributed by atoms with van der Waals surface area (Å²) in [6.45, 7) is 6.85. The molecule has 2 aliphatic heterocycles. The molecule has 0 spiro atoms. The molecule has 0 bridgehead atoms. The molecule has 0 aliphatic carbocycles. The van der Waals surface area contributed by atoms with Gasteiger partial charge < -0.3 is 9.30 Å². The molecule has 2 aliphatic rings. The van der Waals surface area contributed by atoms with Crippen LogP contribution in [-0.4, -0.2) is 39.9 Å². The fourth-order valence-electron chi connectivity index (χ4n) is 3.51. The Hall–Kier alpha value is -1.62. The number of ether oxygens (including phenoxy) is 1. The molecule has 5 nitrogen and oxygen atoms in total. The minimum Gasteiger partial charge on any atom is -0.458 e. The highest BCUT2D eigenvalue weighted by Crippen LogP contribution is 2.43. The molecular weight excluding hydrogens is 268 g/mol. The Labute approximate surface area is 124 Å². The number of carbonyl (C=O) groups excluding carboxylic acids is 2. The third-order valence-corrected chi connectivity index (χ3v) is 4.39. The largest absolute Gasteiger partial charge is 0.458 e. The van der Waals surface area contributed by atoms with Gasteiger partial charge in [-0.3, -0.25) is 9.69 Å². The average Bonchev–Trinajstić information content (AvgIpc) is 2.90. The van der Waals surface area contributed by atoms with E-state index in [4.69, 9.17) is 4.74 Å². The second kappa shape index (κ2) is 4.44. The summed E-state index contributed by atoms with van der Waals surface area (Å²) in [6, 6.07) is 1.90. The molecule has 21 heavy (non-hydrogen) atoms. The Kier molecular flexibility index (Phi) is 3.03. The monoisotopic (exact) mass is 290 g/mol. The normalized spacial score (nSPS) is 25.6. The SMILES string of the molecule is Cn1ccc2c1CCN1CCC(=O)C21C(=O)OC(C)(C)C. The maximum atomic E-state index is 12.9. The van der Waals surface area contributed by atoms with Crippen LogP contribution < -0.4 is 0 Å². The van der Waals surface area contributed by atoms with Crippen molar-refractivity contribution in [1.82, 2.24) is 9.47 Å². The lowest BCUT2D eigenvalue weighted by Gasteiger charge is -2.40. The van der Waals surface area contributed by atoms with Gasteiger partial charge in [-0.05, 0) is 26.8 Å². The summed E-state index contributed by atoms with van der Waals surface area (Å²) in [6.07, 6.45) is 3.19. The molecule has 0 radical (unpaired) electrons. The first kappa shape index (κ1) is 14.3. The van der Waals surface area contributed by atoms with Crippen LogP contribution in [0.4, 0.5) is 0 Å². The predicted molar refractivity (Wildman–Crippen MR) is 77.8 cm³/mol. The topological polar surface area (TPSA) is 51.5 Å². The van der Waals surface area contributed by atoms with Crippen molar-refractivity contribution in [3.8, 4) is 0 Å². The van der Waals surface area contributed by atoms with Crippen LogP contribution in [0.25, 0.3) is 0 Å². The molecule has 1 atom stereocenters. The third-order valence-electron chi connectivity index (χ3n) is 4.39. The standard InChI is InChI=1S/C16H22N2O3/c1-15(2,3)21-14(20)16-11-5-8-17(4)12(11)6-9-18(16)10-7-13(16)19/h5,8H,6-7,9-10H2,1-4H3. The Morgan fingerprint density at radius 3 is 2.62 bits per heavy atom. The molecule has 1 aromatic heterocycles. The number of aromatic nitrogens is 1. The quantitative estimate of drug-likeness (QED) is 0.579. The van der Waals surface area contributed by atoms with E-state index in [1.165, 1.54) is 0 Å². The summed E-state index contributed by atoms with van der Waals surface area (Å²) in [5.74, 6) is -0.464. The number of Topliss-reactive ketones (excluding diaryl/α,β-unsaturated/α-hetero) is 1. The molecule has 0 amide bonds. The van der Waals surface area contributed by atoms with Crippen LogP contribution in [0, 0.1) is 0 Å². The summed E-state index contributed by atoms with van der Waals surface area (Å²) in [5.41, 5.74) is 0.0508. The molecule has 3 rings (SSSR count). The second-order valence-corrected chi connectivity index (χ2v) is 6.91. The van der Waals surface area contributed by atoms with Crippen molar-refractivity contribution < 1.29 is 14.3 Å². The Balaban J connectivity index is 2.14. The number of hydrogen-bond acceptors (Lipinski definition) is 4. The Morgan fingerprint density at radius 2 is 1.95 bits per heavy atom. The van der Waals surface area contributed by atoms with Gasteiger partial charge in [0.05, 0.1) is 0 Å². The van der Waals surface area contributed by atoms with Crippen molar-refractivity contribution in [1.29, 1.82) is 0 Å². The van der Waals surface area contributed by atoms with E-state index in [-0.39, 0.29) is 5.78 Å². The maximum absolute atomic E-state index is 12.9. The van der Waals surface area contributed by atoms with Gasteiger partial charge in [0.15, 0.2) is 5.78 Å². The first-order valence-electron chi connectivity index (χ1n) is 7.43. The minimum atomic E-state index is -1.22. The Morgan fingerprint density at radius 1 is 1.29 bits per heavy atom. The molecule has 114 valence electrons. The lowest BCUT2D eigenvalue weighted by atomic mass is 9.82. The number of rotatable bonds is 1. The van der Waals surface area contributed by atoms with E-state index in [1.807, 2.05) is 49.5 Å². The molecular formula is C16H22N2O3. The molecule has 0 aromatic carbocycles. The van der Waals surface area contributed by atoms with Gasteiger partial charge in [-0.1, -0.05) is 0 Å². The van der Waals surface area contributed by atoms with E-state index < -0.39 is 17.1 Å². The van der Waals surface area contributed by atoms with E-state index in [0.717, 1.165) is 24.2 Å². The average molecular weight is 290 g/mol. The highest BCUT2D eigenvalue weighted by molar-refractivity contribution is 6.11. The molecule has 1 saturated heterocycles. The summed E-state index contributed by atoms with van der Waals surface area (Å²) in [7, 11) is 1.96. The van der Waals surface area contributed by atoms with Gasteiger partial charge in [0.25, 0.3) is 0 Å². The summed E-state index contributed by atoms with van der Waals surface area (Å²) >= 11 is 0.